The van der Waals surface area contributed by atoms with Gasteiger partial charge in [-0.1, -0.05) is 50.3 Å². The van der Waals surface area contributed by atoms with Crippen molar-refractivity contribution in [3.63, 3.8) is 0 Å². The van der Waals surface area contributed by atoms with E-state index in [1.807, 2.05) is 44.2 Å². The van der Waals surface area contributed by atoms with Crippen LogP contribution in [-0.2, 0) is 16.8 Å². The molecule has 142 valence electrons. The highest BCUT2D eigenvalue weighted by Crippen LogP contribution is 2.27. The predicted octanol–water partition coefficient (Wildman–Crippen LogP) is 3.65. The standard InChI is InChI=1S/C20H24N4O2S/c1-13-8-6-7-9-15(13)24-17(10-16(22-24)20(3,4)5)21-18(25)11-23-14(2)12-27-19(23)26/h6-10,12H,11H2,1-5H3,(H,21,25). The van der Waals surface area contributed by atoms with Crippen molar-refractivity contribution >= 4 is 23.1 Å². The van der Waals surface area contributed by atoms with E-state index in [1.54, 1.807) is 10.1 Å². The van der Waals surface area contributed by atoms with Crippen molar-refractivity contribution in [3.8, 4) is 5.69 Å². The normalized spacial score (nSPS) is 11.6. The molecule has 0 fully saturated rings. The maximum absolute atomic E-state index is 12.6. The van der Waals surface area contributed by atoms with E-state index in [4.69, 9.17) is 5.10 Å². The second kappa shape index (κ2) is 7.15. The summed E-state index contributed by atoms with van der Waals surface area (Å²) >= 11 is 1.10. The lowest BCUT2D eigenvalue weighted by molar-refractivity contribution is -0.116. The van der Waals surface area contributed by atoms with Gasteiger partial charge in [0.1, 0.15) is 12.4 Å². The van der Waals surface area contributed by atoms with E-state index in [0.717, 1.165) is 34.0 Å². The summed E-state index contributed by atoms with van der Waals surface area (Å²) in [6.07, 6.45) is 0. The summed E-state index contributed by atoms with van der Waals surface area (Å²) in [5.74, 6) is 0.342. The number of anilines is 1. The molecule has 0 bridgehead atoms. The number of nitrogens with zero attached hydrogens (tertiary/aromatic N) is 3. The van der Waals surface area contributed by atoms with Gasteiger partial charge in [-0.05, 0) is 25.5 Å². The summed E-state index contributed by atoms with van der Waals surface area (Å²) < 4.78 is 3.23. The van der Waals surface area contributed by atoms with Crippen molar-refractivity contribution in [3.05, 3.63) is 62.3 Å². The maximum atomic E-state index is 12.6. The van der Waals surface area contributed by atoms with Crippen molar-refractivity contribution in [2.45, 2.75) is 46.6 Å². The Bertz CT molecular complexity index is 1040. The largest absolute Gasteiger partial charge is 0.309 e. The van der Waals surface area contributed by atoms with E-state index in [0.29, 0.717) is 5.82 Å². The zero-order valence-electron chi connectivity index (χ0n) is 16.2. The number of benzene rings is 1. The van der Waals surface area contributed by atoms with Crippen LogP contribution in [0.4, 0.5) is 5.82 Å². The number of aromatic nitrogens is 3. The molecule has 2 aromatic heterocycles. The molecule has 0 unspecified atom stereocenters. The van der Waals surface area contributed by atoms with Crippen LogP contribution in [-0.4, -0.2) is 20.3 Å². The van der Waals surface area contributed by atoms with Crippen molar-refractivity contribution in [2.24, 2.45) is 0 Å². The Morgan fingerprint density at radius 3 is 2.52 bits per heavy atom. The Labute approximate surface area is 162 Å². The number of amides is 1. The van der Waals surface area contributed by atoms with Crippen LogP contribution in [0.2, 0.25) is 0 Å². The molecule has 0 saturated carbocycles. The quantitative estimate of drug-likeness (QED) is 0.746. The third kappa shape index (κ3) is 4.03. The summed E-state index contributed by atoms with van der Waals surface area (Å²) in [6.45, 7) is 10.1. The molecule has 0 aliphatic rings. The fraction of sp³-hybridized carbons (Fsp3) is 0.350. The monoisotopic (exact) mass is 384 g/mol. The molecule has 3 aromatic rings. The smallest absolute Gasteiger partial charge is 0.307 e. The molecule has 1 aromatic carbocycles. The number of carbonyl (C=O) groups excluding carboxylic acids is 1. The zero-order chi connectivity index (χ0) is 19.8. The number of hydrogen-bond donors (Lipinski definition) is 1. The summed E-state index contributed by atoms with van der Waals surface area (Å²) in [5.41, 5.74) is 3.47. The van der Waals surface area contributed by atoms with Gasteiger partial charge >= 0.3 is 4.87 Å². The van der Waals surface area contributed by atoms with Crippen molar-refractivity contribution in [1.82, 2.24) is 14.3 Å². The molecule has 0 spiro atoms. The SMILES string of the molecule is Cc1ccccc1-n1nc(C(C)(C)C)cc1NC(=O)Cn1c(C)csc1=O. The fourth-order valence-corrected chi connectivity index (χ4v) is 3.48. The molecular formula is C20H24N4O2S. The van der Waals surface area contributed by atoms with Gasteiger partial charge < -0.3 is 5.32 Å². The third-order valence-corrected chi connectivity index (χ3v) is 5.25. The predicted molar refractivity (Wildman–Crippen MR) is 109 cm³/mol. The summed E-state index contributed by atoms with van der Waals surface area (Å²) in [7, 11) is 0. The lowest BCUT2D eigenvalue weighted by Crippen LogP contribution is -2.26. The number of nitrogens with one attached hydrogen (secondary N) is 1. The molecule has 7 heteroatoms. The van der Waals surface area contributed by atoms with Gasteiger partial charge in [0.2, 0.25) is 5.91 Å². The van der Waals surface area contributed by atoms with Crippen molar-refractivity contribution in [1.29, 1.82) is 0 Å². The van der Waals surface area contributed by atoms with Crippen LogP contribution in [0.15, 0.2) is 40.5 Å². The highest BCUT2D eigenvalue weighted by molar-refractivity contribution is 7.07. The lowest BCUT2D eigenvalue weighted by Gasteiger charge is -2.14. The highest BCUT2D eigenvalue weighted by Gasteiger charge is 2.22. The molecule has 0 aliphatic heterocycles. The first-order valence-corrected chi connectivity index (χ1v) is 9.66. The maximum Gasteiger partial charge on any atom is 0.307 e. The van der Waals surface area contributed by atoms with Gasteiger partial charge in [-0.2, -0.15) is 5.10 Å². The molecule has 3 rings (SSSR count). The van der Waals surface area contributed by atoms with Crippen molar-refractivity contribution < 1.29 is 4.79 Å². The van der Waals surface area contributed by atoms with E-state index in [9.17, 15) is 9.59 Å². The van der Waals surface area contributed by atoms with Crippen LogP contribution in [0.5, 0.6) is 0 Å². The first-order chi connectivity index (χ1) is 12.7. The summed E-state index contributed by atoms with van der Waals surface area (Å²) in [5, 5.41) is 9.42. The van der Waals surface area contributed by atoms with E-state index >= 15 is 0 Å². The molecule has 6 nitrogen and oxygen atoms in total. The Morgan fingerprint density at radius 1 is 1.22 bits per heavy atom. The molecule has 2 heterocycles. The van der Waals surface area contributed by atoms with Gasteiger partial charge in [-0.15, -0.1) is 0 Å². The Morgan fingerprint density at radius 2 is 1.93 bits per heavy atom. The van der Waals surface area contributed by atoms with Crippen LogP contribution in [0.1, 0.15) is 37.7 Å². The van der Waals surface area contributed by atoms with Gasteiger partial charge in [0, 0.05) is 22.6 Å². The lowest BCUT2D eigenvalue weighted by atomic mass is 9.92. The third-order valence-electron chi connectivity index (χ3n) is 4.37. The average molecular weight is 385 g/mol. The van der Waals surface area contributed by atoms with Gasteiger partial charge in [-0.3, -0.25) is 14.2 Å². The van der Waals surface area contributed by atoms with Gasteiger partial charge in [0.05, 0.1) is 11.4 Å². The van der Waals surface area contributed by atoms with Crippen LogP contribution in [0.25, 0.3) is 5.69 Å². The number of hydrogen-bond acceptors (Lipinski definition) is 4. The van der Waals surface area contributed by atoms with Crippen LogP contribution in [0, 0.1) is 13.8 Å². The minimum atomic E-state index is -0.256. The first-order valence-electron chi connectivity index (χ1n) is 8.78. The van der Waals surface area contributed by atoms with Crippen LogP contribution >= 0.6 is 11.3 Å². The highest BCUT2D eigenvalue weighted by atomic mass is 32.1. The number of rotatable bonds is 4. The van der Waals surface area contributed by atoms with Gasteiger partial charge in [-0.25, -0.2) is 4.68 Å². The minimum absolute atomic E-state index is 0.0159. The zero-order valence-corrected chi connectivity index (χ0v) is 17.1. The molecular weight excluding hydrogens is 360 g/mol. The average Bonchev–Trinajstić information content (AvgIpc) is 3.14. The van der Waals surface area contributed by atoms with E-state index in [1.165, 1.54) is 4.57 Å². The van der Waals surface area contributed by atoms with Gasteiger partial charge in [0.15, 0.2) is 0 Å². The second-order valence-electron chi connectivity index (χ2n) is 7.64. The Balaban J connectivity index is 1.96. The second-order valence-corrected chi connectivity index (χ2v) is 8.46. The van der Waals surface area contributed by atoms with Gasteiger partial charge in [0.25, 0.3) is 0 Å². The molecule has 1 N–H and O–H groups in total. The molecule has 0 atom stereocenters. The molecule has 0 aliphatic carbocycles. The summed E-state index contributed by atoms with van der Waals surface area (Å²) in [6, 6.07) is 9.79. The van der Waals surface area contributed by atoms with Crippen LogP contribution in [0.3, 0.4) is 0 Å². The minimum Gasteiger partial charge on any atom is -0.309 e. The summed E-state index contributed by atoms with van der Waals surface area (Å²) in [4.78, 5) is 24.4. The Kier molecular flexibility index (Phi) is 5.06. The first kappa shape index (κ1) is 19.1. The Hall–Kier alpha value is -2.67. The molecule has 0 saturated heterocycles. The molecule has 1 amide bonds. The van der Waals surface area contributed by atoms with Crippen molar-refractivity contribution in [2.75, 3.05) is 5.32 Å². The number of para-hydroxylation sites is 1. The fourth-order valence-electron chi connectivity index (χ4n) is 2.74. The van der Waals surface area contributed by atoms with E-state index < -0.39 is 0 Å². The van der Waals surface area contributed by atoms with E-state index in [-0.39, 0.29) is 22.7 Å². The number of thiazole rings is 1. The van der Waals surface area contributed by atoms with E-state index in [2.05, 4.69) is 26.1 Å². The number of carbonyl (C=O) groups is 1. The van der Waals surface area contributed by atoms with Crippen LogP contribution < -0.4 is 10.2 Å². The molecule has 0 radical (unpaired) electrons. The number of aryl methyl sites for hydroxylation is 2. The molecule has 27 heavy (non-hydrogen) atoms. The topological polar surface area (TPSA) is 68.9 Å².